The van der Waals surface area contributed by atoms with Crippen molar-refractivity contribution in [3.63, 3.8) is 0 Å². The Hall–Kier alpha value is -5.34. The summed E-state index contributed by atoms with van der Waals surface area (Å²) < 4.78 is 7.96. The van der Waals surface area contributed by atoms with Crippen molar-refractivity contribution in [2.24, 2.45) is 0 Å². The first-order valence-electron chi connectivity index (χ1n) is 18.6. The van der Waals surface area contributed by atoms with E-state index in [0.29, 0.717) is 18.2 Å². The Kier molecular flexibility index (Phi) is 13.1. The monoisotopic (exact) mass is 772 g/mol. The molecule has 0 saturated heterocycles. The number of aromatic amines is 1. The summed E-state index contributed by atoms with van der Waals surface area (Å²) in [6, 6.07) is 35.9. The Labute approximate surface area is 333 Å². The zero-order valence-electron chi connectivity index (χ0n) is 31.2. The molecule has 9 heteroatoms. The molecule has 0 fully saturated rings. The lowest BCUT2D eigenvalue weighted by Crippen LogP contribution is -3.00. The number of phenolic OH excluding ortho intramolecular Hbond substituents is 1. The van der Waals surface area contributed by atoms with Crippen LogP contribution in [0.4, 0.5) is 0 Å². The number of aryl methyl sites for hydroxylation is 2. The van der Waals surface area contributed by atoms with Crippen molar-refractivity contribution in [1.82, 2.24) is 15.6 Å². The van der Waals surface area contributed by atoms with Crippen LogP contribution in [0.1, 0.15) is 47.1 Å². The molecule has 0 aliphatic heterocycles. The molecule has 0 radical (unpaired) electrons. The second-order valence-electron chi connectivity index (χ2n) is 13.8. The van der Waals surface area contributed by atoms with Crippen molar-refractivity contribution in [2.75, 3.05) is 26.2 Å². The van der Waals surface area contributed by atoms with Gasteiger partial charge in [-0.15, -0.1) is 0 Å². The van der Waals surface area contributed by atoms with Crippen LogP contribution in [-0.4, -0.2) is 42.2 Å². The van der Waals surface area contributed by atoms with Gasteiger partial charge >= 0.3 is 0 Å². The van der Waals surface area contributed by atoms with Gasteiger partial charge in [0.25, 0.3) is 5.91 Å². The van der Waals surface area contributed by atoms with E-state index in [9.17, 15) is 9.90 Å². The number of nitrogens with one attached hydrogen (secondary N) is 3. The minimum Gasteiger partial charge on any atom is -1.00 e. The summed E-state index contributed by atoms with van der Waals surface area (Å²) in [6.45, 7) is 7.36. The van der Waals surface area contributed by atoms with Gasteiger partial charge in [-0.2, -0.15) is 4.57 Å². The number of hydrogen-bond donors (Lipinski definition) is 4. The number of nitrogens with zero attached hydrogens (tertiary/aromatic N) is 1. The predicted octanol–water partition coefficient (Wildman–Crippen LogP) is 6.20. The van der Waals surface area contributed by atoms with E-state index in [1.165, 1.54) is 0 Å². The third kappa shape index (κ3) is 9.14. The molecular weight excluding hydrogens is 727 g/mol. The zero-order chi connectivity index (χ0) is 37.4. The highest BCUT2D eigenvalue weighted by Gasteiger charge is 2.18. The van der Waals surface area contributed by atoms with Crippen LogP contribution in [0.2, 0.25) is 0 Å². The number of unbranched alkanes of at least 4 members (excludes halogenated alkanes) is 2. The summed E-state index contributed by atoms with van der Waals surface area (Å²) in [7, 11) is 0. The molecule has 55 heavy (non-hydrogen) atoms. The number of aromatic nitrogens is 2. The molecule has 0 aliphatic carbocycles. The number of halogens is 2. The maximum Gasteiger partial charge on any atom is 0.285 e. The number of carbonyl (C=O) groups excluding carboxylic acids is 1. The molecule has 0 unspecified atom stereocenters. The number of benzene rings is 5. The van der Waals surface area contributed by atoms with E-state index in [1.54, 1.807) is 6.07 Å². The van der Waals surface area contributed by atoms with Crippen LogP contribution in [-0.2, 0) is 11.3 Å². The molecule has 282 valence electrons. The van der Waals surface area contributed by atoms with Crippen LogP contribution in [0, 0.1) is 13.8 Å². The van der Waals surface area contributed by atoms with E-state index in [1.807, 2.05) is 83.6 Å². The molecule has 7 aromatic rings. The minimum absolute atomic E-state index is 0. The molecule has 2 heterocycles. The average Bonchev–Trinajstić information content (AvgIpc) is 3.58. The van der Waals surface area contributed by atoms with Crippen molar-refractivity contribution < 1.29 is 31.6 Å². The van der Waals surface area contributed by atoms with Crippen molar-refractivity contribution in [3.05, 3.63) is 149 Å². The van der Waals surface area contributed by atoms with E-state index < -0.39 is 0 Å². The summed E-state index contributed by atoms with van der Waals surface area (Å²) in [5.41, 5.74) is 8.42. The van der Waals surface area contributed by atoms with Gasteiger partial charge in [-0.3, -0.25) is 4.79 Å². The number of aromatic hydroxyl groups is 1. The third-order valence-electron chi connectivity index (χ3n) is 10.0. The summed E-state index contributed by atoms with van der Waals surface area (Å²) in [5.74, 6) is 1.07. The molecule has 0 aliphatic rings. The highest BCUT2D eigenvalue weighted by Crippen LogP contribution is 2.38. The first-order valence-corrected chi connectivity index (χ1v) is 19.0. The van der Waals surface area contributed by atoms with Gasteiger partial charge in [0.15, 0.2) is 12.4 Å². The topological polar surface area (TPSA) is 90.3 Å². The molecule has 0 bridgehead atoms. The van der Waals surface area contributed by atoms with Gasteiger partial charge in [-0.05, 0) is 96.8 Å². The maximum atomic E-state index is 12.8. The Morgan fingerprint density at radius 2 is 1.45 bits per heavy atom. The van der Waals surface area contributed by atoms with Gasteiger partial charge in [0.1, 0.15) is 18.1 Å². The van der Waals surface area contributed by atoms with Gasteiger partial charge in [0.05, 0.1) is 10.5 Å². The molecule has 7 rings (SSSR count). The van der Waals surface area contributed by atoms with Crippen LogP contribution in [0.25, 0.3) is 43.2 Å². The number of amides is 1. The number of H-pyrrole nitrogens is 1. The van der Waals surface area contributed by atoms with Crippen LogP contribution in [0.3, 0.4) is 0 Å². The Morgan fingerprint density at radius 3 is 2.20 bits per heavy atom. The molecule has 4 N–H and O–H groups in total. The number of phenols is 1. The van der Waals surface area contributed by atoms with Crippen LogP contribution < -0.4 is 32.3 Å². The van der Waals surface area contributed by atoms with E-state index in [2.05, 4.69) is 66.0 Å². The summed E-state index contributed by atoms with van der Waals surface area (Å²) >= 11 is 6.96. The van der Waals surface area contributed by atoms with Crippen molar-refractivity contribution in [2.45, 2.75) is 39.7 Å². The lowest BCUT2D eigenvalue weighted by atomic mass is 9.95. The number of hydrogen-bond acceptors (Lipinski definition) is 4. The molecule has 1 amide bonds. The number of ether oxygens (including phenoxy) is 1. The fourth-order valence-electron chi connectivity index (χ4n) is 7.22. The van der Waals surface area contributed by atoms with Crippen LogP contribution in [0.15, 0.2) is 122 Å². The van der Waals surface area contributed by atoms with Crippen molar-refractivity contribution in [1.29, 1.82) is 0 Å². The summed E-state index contributed by atoms with van der Waals surface area (Å²) in [4.78, 5) is 16.3. The van der Waals surface area contributed by atoms with Crippen LogP contribution in [0.5, 0.6) is 11.5 Å². The second kappa shape index (κ2) is 18.3. The molecule has 0 spiro atoms. The van der Waals surface area contributed by atoms with Gasteiger partial charge in [0, 0.05) is 46.4 Å². The van der Waals surface area contributed by atoms with E-state index in [-0.39, 0.29) is 30.6 Å². The molecule has 2 aromatic heterocycles. The average molecular weight is 774 g/mol. The van der Waals surface area contributed by atoms with E-state index >= 15 is 0 Å². The molecular formula is C46H46Cl2N4O3. The smallest absolute Gasteiger partial charge is 0.285 e. The zero-order valence-corrected chi connectivity index (χ0v) is 32.7. The predicted molar refractivity (Wildman–Crippen MR) is 221 cm³/mol. The Bertz CT molecular complexity index is 2430. The minimum atomic E-state index is 0. The molecule has 0 saturated carbocycles. The SMILES string of the molecule is Cc1c2cc[n+](CC(=O)NCCCCCNCCOc3ccc(/C(=C(/Cl)c4ccccc4)c4ccccc4)cc3)cc2c(C)c2c1[nH]c1ccc(O)cc12.[Cl-]. The quantitative estimate of drug-likeness (QED) is 0.0568. The lowest BCUT2D eigenvalue weighted by Gasteiger charge is -2.14. The summed E-state index contributed by atoms with van der Waals surface area (Å²) in [5, 5.41) is 21.7. The van der Waals surface area contributed by atoms with Gasteiger partial charge < -0.3 is 37.9 Å². The Balaban J connectivity index is 0.00000514. The fraction of sp³-hybridized carbons (Fsp3) is 0.217. The normalized spacial score (nSPS) is 11.8. The fourth-order valence-corrected chi connectivity index (χ4v) is 7.57. The van der Waals surface area contributed by atoms with Crippen molar-refractivity contribution >= 4 is 60.7 Å². The van der Waals surface area contributed by atoms with Crippen LogP contribution >= 0.6 is 11.6 Å². The van der Waals surface area contributed by atoms with E-state index in [4.69, 9.17) is 16.3 Å². The number of fused-ring (bicyclic) bond motifs is 4. The van der Waals surface area contributed by atoms with Gasteiger partial charge in [-0.1, -0.05) is 90.8 Å². The Morgan fingerprint density at radius 1 is 0.764 bits per heavy atom. The first-order chi connectivity index (χ1) is 26.4. The van der Waals surface area contributed by atoms with Gasteiger partial charge in [-0.25, -0.2) is 0 Å². The third-order valence-corrected chi connectivity index (χ3v) is 10.4. The summed E-state index contributed by atoms with van der Waals surface area (Å²) in [6.07, 6.45) is 7.01. The highest BCUT2D eigenvalue weighted by molar-refractivity contribution is 6.53. The molecule has 0 atom stereocenters. The standard InChI is InChI=1S/C46H45ClN4O3.ClH/c1-31-40-29-51(26-22-38(40)32(2)46-43(31)39-28-36(52)18-21-41(39)50-46)30-42(53)49-24-11-5-10-23-48-25-27-54-37-19-16-34(17-20-37)44(33-12-6-3-7-13-33)45(47)35-14-8-4-9-15-35;/h3-4,6-9,12-22,26,28-29,48H,5,10-11,23-25,27,30H2,1-2H3,(H2,49,52,53);1H/b45-44+;. The van der Waals surface area contributed by atoms with E-state index in [0.717, 1.165) is 104 Å². The van der Waals surface area contributed by atoms with Crippen molar-refractivity contribution in [3.8, 4) is 11.5 Å². The molecule has 5 aromatic carbocycles. The number of pyridine rings is 1. The second-order valence-corrected chi connectivity index (χ2v) is 14.1. The number of carbonyl (C=O) groups is 1. The lowest BCUT2D eigenvalue weighted by molar-refractivity contribution is -0.683. The first kappa shape index (κ1) is 39.4. The highest BCUT2D eigenvalue weighted by atomic mass is 35.5. The maximum absolute atomic E-state index is 12.8. The number of rotatable bonds is 15. The largest absolute Gasteiger partial charge is 1.00 e. The van der Waals surface area contributed by atoms with Gasteiger partial charge in [0.2, 0.25) is 6.54 Å². The molecule has 7 nitrogen and oxygen atoms in total.